The van der Waals surface area contributed by atoms with Gasteiger partial charge in [-0.05, 0) is 24.7 Å². The zero-order valence-corrected chi connectivity index (χ0v) is 9.81. The molecule has 6 nitrogen and oxygen atoms in total. The van der Waals surface area contributed by atoms with Gasteiger partial charge in [0.15, 0.2) is 0 Å². The average Bonchev–Trinajstić information content (AvgIpc) is 2.56. The molecule has 0 spiro atoms. The monoisotopic (exact) mass is 249 g/mol. The van der Waals surface area contributed by atoms with Gasteiger partial charge >= 0.3 is 6.09 Å². The van der Waals surface area contributed by atoms with E-state index >= 15 is 0 Å². The molecule has 0 aromatic rings. The molecule has 2 aliphatic rings. The fourth-order valence-corrected chi connectivity index (χ4v) is 3.38. The second-order valence-electron chi connectivity index (χ2n) is 4.60. The van der Waals surface area contributed by atoms with E-state index in [2.05, 4.69) is 0 Å². The predicted octanol–water partition coefficient (Wildman–Crippen LogP) is 0.351. The van der Waals surface area contributed by atoms with E-state index in [9.17, 15) is 13.2 Å². The lowest BCUT2D eigenvalue weighted by Gasteiger charge is -2.15. The van der Waals surface area contributed by atoms with Crippen molar-refractivity contribution in [3.63, 3.8) is 0 Å². The Balaban J connectivity index is 1.91. The molecule has 2 rings (SSSR count). The molecule has 1 amide bonds. The average molecular weight is 249 g/mol. The van der Waals surface area contributed by atoms with Crippen molar-refractivity contribution in [1.82, 2.24) is 4.90 Å². The van der Waals surface area contributed by atoms with Crippen molar-refractivity contribution in [3.05, 3.63) is 0 Å². The standard InChI is InChI=1S/C9H15NO5S/c1-16(13,14)15-8-2-6-4-10(9(11)12)5-7(6)3-8/h6-8H,2-5H2,1H3,(H,11,12). The van der Waals surface area contributed by atoms with Gasteiger partial charge in [-0.25, -0.2) is 4.79 Å². The van der Waals surface area contributed by atoms with Crippen LogP contribution in [0.2, 0.25) is 0 Å². The number of carbonyl (C=O) groups is 1. The highest BCUT2D eigenvalue weighted by molar-refractivity contribution is 7.86. The number of hydrogen-bond acceptors (Lipinski definition) is 4. The molecule has 0 bridgehead atoms. The molecule has 1 saturated heterocycles. The predicted molar refractivity (Wildman–Crippen MR) is 55.5 cm³/mol. The first-order chi connectivity index (χ1) is 7.35. The van der Waals surface area contributed by atoms with Gasteiger partial charge in [0.05, 0.1) is 12.4 Å². The van der Waals surface area contributed by atoms with Crippen LogP contribution in [0.25, 0.3) is 0 Å². The maximum atomic E-state index is 11.0. The fraction of sp³-hybridized carbons (Fsp3) is 0.889. The van der Waals surface area contributed by atoms with Crippen molar-refractivity contribution >= 4 is 16.2 Å². The van der Waals surface area contributed by atoms with Crippen LogP contribution in [0, 0.1) is 11.8 Å². The lowest BCUT2D eigenvalue weighted by molar-refractivity contribution is 0.145. The Labute approximate surface area is 94.3 Å². The van der Waals surface area contributed by atoms with Gasteiger partial charge < -0.3 is 10.0 Å². The number of fused-ring (bicyclic) bond motifs is 1. The first-order valence-corrected chi connectivity index (χ1v) is 7.03. The summed E-state index contributed by atoms with van der Waals surface area (Å²) in [6, 6.07) is 0. The molecule has 7 heteroatoms. The summed E-state index contributed by atoms with van der Waals surface area (Å²) in [4.78, 5) is 12.1. The van der Waals surface area contributed by atoms with Crippen molar-refractivity contribution in [3.8, 4) is 0 Å². The van der Waals surface area contributed by atoms with Crippen LogP contribution >= 0.6 is 0 Å². The number of rotatable bonds is 2. The number of nitrogens with zero attached hydrogens (tertiary/aromatic N) is 1. The van der Waals surface area contributed by atoms with Crippen LogP contribution in [-0.4, -0.2) is 50.0 Å². The normalized spacial score (nSPS) is 34.1. The second-order valence-corrected chi connectivity index (χ2v) is 6.20. The molecule has 0 aromatic heterocycles. The highest BCUT2D eigenvalue weighted by atomic mass is 32.2. The van der Waals surface area contributed by atoms with E-state index in [1.807, 2.05) is 0 Å². The molecule has 2 unspecified atom stereocenters. The molecule has 1 aliphatic carbocycles. The number of hydrogen-bond donors (Lipinski definition) is 1. The summed E-state index contributed by atoms with van der Waals surface area (Å²) in [6.07, 6.45) is 1.17. The van der Waals surface area contributed by atoms with Gasteiger partial charge in [-0.15, -0.1) is 0 Å². The summed E-state index contributed by atoms with van der Waals surface area (Å²) in [5.41, 5.74) is 0. The molecule has 2 atom stereocenters. The Morgan fingerprint density at radius 2 is 1.81 bits per heavy atom. The largest absolute Gasteiger partial charge is 0.465 e. The minimum absolute atomic E-state index is 0.253. The second kappa shape index (κ2) is 3.89. The van der Waals surface area contributed by atoms with E-state index in [0.717, 1.165) is 6.26 Å². The van der Waals surface area contributed by atoms with Crippen LogP contribution in [0.1, 0.15) is 12.8 Å². The third kappa shape index (κ3) is 2.46. The molecular formula is C9H15NO5S. The van der Waals surface area contributed by atoms with Crippen molar-refractivity contribution < 1.29 is 22.5 Å². The molecule has 0 aromatic carbocycles. The summed E-state index contributed by atoms with van der Waals surface area (Å²) in [7, 11) is -3.40. The first-order valence-electron chi connectivity index (χ1n) is 5.21. The molecule has 1 heterocycles. The van der Waals surface area contributed by atoms with Crippen LogP contribution < -0.4 is 0 Å². The quantitative estimate of drug-likeness (QED) is 0.714. The van der Waals surface area contributed by atoms with Crippen LogP contribution in [0.3, 0.4) is 0 Å². The van der Waals surface area contributed by atoms with Gasteiger partial charge in [-0.1, -0.05) is 0 Å². The van der Waals surface area contributed by atoms with Gasteiger partial charge in [0.1, 0.15) is 0 Å². The SMILES string of the molecule is CS(=O)(=O)OC1CC2CN(C(=O)O)CC2C1. The summed E-state index contributed by atoms with van der Waals surface area (Å²) in [5.74, 6) is 0.505. The fourth-order valence-electron chi connectivity index (χ4n) is 2.73. The van der Waals surface area contributed by atoms with Gasteiger partial charge in [-0.2, -0.15) is 8.42 Å². The highest BCUT2D eigenvalue weighted by Gasteiger charge is 2.43. The zero-order chi connectivity index (χ0) is 11.9. The Hall–Kier alpha value is -0.820. The molecule has 16 heavy (non-hydrogen) atoms. The maximum absolute atomic E-state index is 11.0. The van der Waals surface area contributed by atoms with Gasteiger partial charge in [0.2, 0.25) is 0 Å². The van der Waals surface area contributed by atoms with Crippen molar-refractivity contribution in [2.45, 2.75) is 18.9 Å². The minimum Gasteiger partial charge on any atom is -0.465 e. The molecule has 1 aliphatic heterocycles. The highest BCUT2D eigenvalue weighted by Crippen LogP contribution is 2.39. The molecular weight excluding hydrogens is 234 g/mol. The molecule has 0 radical (unpaired) electrons. The van der Waals surface area contributed by atoms with Gasteiger partial charge in [0.25, 0.3) is 10.1 Å². The maximum Gasteiger partial charge on any atom is 0.407 e. The lowest BCUT2D eigenvalue weighted by Crippen LogP contribution is -2.29. The Morgan fingerprint density at radius 1 is 1.31 bits per heavy atom. The Morgan fingerprint density at radius 3 is 2.19 bits per heavy atom. The van der Waals surface area contributed by atoms with E-state index in [1.54, 1.807) is 0 Å². The summed E-state index contributed by atoms with van der Waals surface area (Å²) in [6.45, 7) is 1.01. The smallest absolute Gasteiger partial charge is 0.407 e. The van der Waals surface area contributed by atoms with Crippen LogP contribution in [0.15, 0.2) is 0 Å². The van der Waals surface area contributed by atoms with Gasteiger partial charge in [-0.3, -0.25) is 4.18 Å². The molecule has 92 valence electrons. The van der Waals surface area contributed by atoms with Crippen molar-refractivity contribution in [1.29, 1.82) is 0 Å². The Kier molecular flexibility index (Phi) is 2.83. The van der Waals surface area contributed by atoms with E-state index in [0.29, 0.717) is 25.9 Å². The minimum atomic E-state index is -3.40. The third-order valence-electron chi connectivity index (χ3n) is 3.29. The van der Waals surface area contributed by atoms with Crippen LogP contribution in [0.5, 0.6) is 0 Å². The summed E-state index contributed by atoms with van der Waals surface area (Å²) < 4.78 is 26.8. The van der Waals surface area contributed by atoms with Crippen LogP contribution in [0.4, 0.5) is 4.79 Å². The van der Waals surface area contributed by atoms with Crippen molar-refractivity contribution in [2.24, 2.45) is 11.8 Å². The molecule has 1 saturated carbocycles. The van der Waals surface area contributed by atoms with E-state index < -0.39 is 16.2 Å². The number of likely N-dealkylation sites (tertiary alicyclic amines) is 1. The first kappa shape index (κ1) is 11.7. The lowest BCUT2D eigenvalue weighted by atomic mass is 10.0. The van der Waals surface area contributed by atoms with Crippen molar-refractivity contribution in [2.75, 3.05) is 19.3 Å². The Bertz CT molecular complexity index is 379. The molecule has 2 fully saturated rings. The third-order valence-corrected chi connectivity index (χ3v) is 3.91. The zero-order valence-electron chi connectivity index (χ0n) is 9.00. The van der Waals surface area contributed by atoms with Crippen LogP contribution in [-0.2, 0) is 14.3 Å². The molecule has 1 N–H and O–H groups in total. The number of carboxylic acid groups (broad SMARTS) is 1. The summed E-state index contributed by atoms with van der Waals surface area (Å²) >= 11 is 0. The van der Waals surface area contributed by atoms with Gasteiger partial charge in [0, 0.05) is 13.1 Å². The topological polar surface area (TPSA) is 83.9 Å². The van der Waals surface area contributed by atoms with E-state index in [4.69, 9.17) is 9.29 Å². The number of amides is 1. The summed E-state index contributed by atoms with van der Waals surface area (Å²) in [5, 5.41) is 8.82. The van der Waals surface area contributed by atoms with E-state index in [-0.39, 0.29) is 17.9 Å². The van der Waals surface area contributed by atoms with E-state index in [1.165, 1.54) is 4.90 Å².